The summed E-state index contributed by atoms with van der Waals surface area (Å²) in [7, 11) is 0. The van der Waals surface area contributed by atoms with Gasteiger partial charge in [0.2, 0.25) is 0 Å². The Kier molecular flexibility index (Phi) is 3.12. The SMILES string of the molecule is O=C(O)c1cccc2c1ncn2Cc1cc(Br)cs1. The number of nitrogens with zero attached hydrogens (tertiary/aromatic N) is 2. The number of benzene rings is 1. The third kappa shape index (κ3) is 2.29. The third-order valence-electron chi connectivity index (χ3n) is 2.83. The predicted octanol–water partition coefficient (Wildman–Crippen LogP) is 3.61. The van der Waals surface area contributed by atoms with Crippen molar-refractivity contribution in [3.8, 4) is 0 Å². The molecule has 0 radical (unpaired) electrons. The maximum atomic E-state index is 11.1. The number of hydrogen-bond acceptors (Lipinski definition) is 3. The molecule has 19 heavy (non-hydrogen) atoms. The lowest BCUT2D eigenvalue weighted by molar-refractivity contribution is 0.0699. The van der Waals surface area contributed by atoms with Gasteiger partial charge in [0.1, 0.15) is 5.52 Å². The summed E-state index contributed by atoms with van der Waals surface area (Å²) in [6, 6.07) is 7.26. The van der Waals surface area contributed by atoms with Crippen LogP contribution in [-0.4, -0.2) is 20.6 Å². The molecule has 0 saturated carbocycles. The molecule has 3 aromatic rings. The first kappa shape index (κ1) is 12.4. The zero-order valence-electron chi connectivity index (χ0n) is 9.71. The van der Waals surface area contributed by atoms with Gasteiger partial charge in [-0.1, -0.05) is 6.07 Å². The molecular weight excluding hydrogens is 328 g/mol. The quantitative estimate of drug-likeness (QED) is 0.794. The number of fused-ring (bicyclic) bond motifs is 1. The van der Waals surface area contributed by atoms with E-state index < -0.39 is 5.97 Å². The van der Waals surface area contributed by atoms with Gasteiger partial charge in [-0.25, -0.2) is 9.78 Å². The minimum atomic E-state index is -0.949. The van der Waals surface area contributed by atoms with Crippen LogP contribution in [-0.2, 0) is 6.54 Å². The van der Waals surface area contributed by atoms with Gasteiger partial charge in [0.25, 0.3) is 0 Å². The molecule has 0 amide bonds. The van der Waals surface area contributed by atoms with Crippen LogP contribution >= 0.6 is 27.3 Å². The number of hydrogen-bond donors (Lipinski definition) is 1. The van der Waals surface area contributed by atoms with Crippen LogP contribution in [0.3, 0.4) is 0 Å². The molecule has 2 aromatic heterocycles. The number of aromatic nitrogens is 2. The molecule has 2 heterocycles. The van der Waals surface area contributed by atoms with Crippen LogP contribution in [0.4, 0.5) is 0 Å². The Bertz CT molecular complexity index is 763. The zero-order chi connectivity index (χ0) is 13.4. The second-order valence-corrected chi connectivity index (χ2v) is 5.99. The highest BCUT2D eigenvalue weighted by Gasteiger charge is 2.12. The number of rotatable bonds is 3. The van der Waals surface area contributed by atoms with Crippen molar-refractivity contribution in [1.82, 2.24) is 9.55 Å². The third-order valence-corrected chi connectivity index (χ3v) is 4.51. The van der Waals surface area contributed by atoms with Crippen molar-refractivity contribution in [2.45, 2.75) is 6.54 Å². The van der Waals surface area contributed by atoms with Crippen LogP contribution in [0.2, 0.25) is 0 Å². The van der Waals surface area contributed by atoms with E-state index in [1.165, 1.54) is 4.88 Å². The van der Waals surface area contributed by atoms with Crippen molar-refractivity contribution >= 4 is 44.3 Å². The van der Waals surface area contributed by atoms with Gasteiger partial charge < -0.3 is 9.67 Å². The molecule has 1 N–H and O–H groups in total. The fourth-order valence-corrected chi connectivity index (χ4v) is 3.44. The highest BCUT2D eigenvalue weighted by atomic mass is 79.9. The van der Waals surface area contributed by atoms with Crippen molar-refractivity contribution in [3.63, 3.8) is 0 Å². The van der Waals surface area contributed by atoms with E-state index in [0.717, 1.165) is 9.99 Å². The van der Waals surface area contributed by atoms with Gasteiger partial charge in [0, 0.05) is 14.7 Å². The van der Waals surface area contributed by atoms with Gasteiger partial charge in [0.05, 0.1) is 24.0 Å². The molecule has 0 fully saturated rings. The number of para-hydroxylation sites is 1. The molecule has 3 rings (SSSR count). The monoisotopic (exact) mass is 336 g/mol. The molecular formula is C13H9BrN2O2S. The zero-order valence-corrected chi connectivity index (χ0v) is 12.1. The Morgan fingerprint density at radius 1 is 1.47 bits per heavy atom. The first-order valence-corrected chi connectivity index (χ1v) is 7.22. The Hall–Kier alpha value is -1.66. The second kappa shape index (κ2) is 4.79. The minimum absolute atomic E-state index is 0.239. The van der Waals surface area contributed by atoms with Crippen molar-refractivity contribution < 1.29 is 9.90 Å². The summed E-state index contributed by atoms with van der Waals surface area (Å²) in [4.78, 5) is 16.5. The van der Waals surface area contributed by atoms with Gasteiger partial charge >= 0.3 is 5.97 Å². The predicted molar refractivity (Wildman–Crippen MR) is 77.8 cm³/mol. The summed E-state index contributed by atoms with van der Waals surface area (Å²) in [5.41, 5.74) is 1.61. The van der Waals surface area contributed by atoms with Crippen molar-refractivity contribution in [1.29, 1.82) is 0 Å². The lowest BCUT2D eigenvalue weighted by atomic mass is 10.2. The van der Waals surface area contributed by atoms with E-state index in [0.29, 0.717) is 12.1 Å². The molecule has 6 heteroatoms. The molecule has 0 aliphatic carbocycles. The van der Waals surface area contributed by atoms with E-state index in [4.69, 9.17) is 5.11 Å². The molecule has 0 spiro atoms. The standard InChI is InChI=1S/C13H9BrN2O2S/c14-8-4-9(19-6-8)5-16-7-15-12-10(13(17)18)2-1-3-11(12)16/h1-4,6-7H,5H2,(H,17,18). The highest BCUT2D eigenvalue weighted by Crippen LogP contribution is 2.23. The highest BCUT2D eigenvalue weighted by molar-refractivity contribution is 9.10. The lowest BCUT2D eigenvalue weighted by Crippen LogP contribution is -1.99. The second-order valence-electron chi connectivity index (χ2n) is 4.08. The molecule has 0 bridgehead atoms. The minimum Gasteiger partial charge on any atom is -0.478 e. The summed E-state index contributed by atoms with van der Waals surface area (Å²) >= 11 is 5.08. The first-order chi connectivity index (χ1) is 9.15. The summed E-state index contributed by atoms with van der Waals surface area (Å²) < 4.78 is 3.02. The summed E-state index contributed by atoms with van der Waals surface area (Å²) in [5.74, 6) is -0.949. The largest absolute Gasteiger partial charge is 0.478 e. The molecule has 0 saturated heterocycles. The summed E-state index contributed by atoms with van der Waals surface area (Å²) in [5, 5.41) is 11.2. The molecule has 0 unspecified atom stereocenters. The van der Waals surface area contributed by atoms with E-state index in [2.05, 4.69) is 27.0 Å². The maximum Gasteiger partial charge on any atom is 0.337 e. The van der Waals surface area contributed by atoms with Crippen molar-refractivity contribution in [2.24, 2.45) is 0 Å². The fraction of sp³-hybridized carbons (Fsp3) is 0.0769. The van der Waals surface area contributed by atoms with E-state index in [9.17, 15) is 4.79 Å². The molecule has 1 aromatic carbocycles. The molecule has 0 aliphatic rings. The van der Waals surface area contributed by atoms with Gasteiger partial charge in [-0.05, 0) is 34.1 Å². The maximum absolute atomic E-state index is 11.1. The number of halogens is 1. The average Bonchev–Trinajstić information content (AvgIpc) is 2.97. The number of thiophene rings is 1. The van der Waals surface area contributed by atoms with Crippen LogP contribution in [0.25, 0.3) is 11.0 Å². The Morgan fingerprint density at radius 2 is 2.32 bits per heavy atom. The average molecular weight is 337 g/mol. The van der Waals surface area contributed by atoms with Gasteiger partial charge in [0.15, 0.2) is 0 Å². The van der Waals surface area contributed by atoms with Gasteiger partial charge in [-0.15, -0.1) is 11.3 Å². The Labute approximate surface area is 121 Å². The molecule has 0 aliphatic heterocycles. The van der Waals surface area contributed by atoms with Crippen LogP contribution in [0.5, 0.6) is 0 Å². The van der Waals surface area contributed by atoms with Crippen molar-refractivity contribution in [3.05, 3.63) is 50.9 Å². The molecule has 96 valence electrons. The Balaban J connectivity index is 2.06. The van der Waals surface area contributed by atoms with E-state index in [1.807, 2.05) is 16.0 Å². The Morgan fingerprint density at radius 3 is 3.00 bits per heavy atom. The molecule has 0 atom stereocenters. The van der Waals surface area contributed by atoms with E-state index >= 15 is 0 Å². The number of carbonyl (C=O) groups is 1. The topological polar surface area (TPSA) is 55.1 Å². The first-order valence-electron chi connectivity index (χ1n) is 5.55. The van der Waals surface area contributed by atoms with Crippen LogP contribution < -0.4 is 0 Å². The van der Waals surface area contributed by atoms with Crippen molar-refractivity contribution in [2.75, 3.05) is 0 Å². The van der Waals surface area contributed by atoms with Gasteiger partial charge in [-0.2, -0.15) is 0 Å². The van der Waals surface area contributed by atoms with Gasteiger partial charge in [-0.3, -0.25) is 0 Å². The van der Waals surface area contributed by atoms with E-state index in [-0.39, 0.29) is 5.56 Å². The number of imidazole rings is 1. The number of carboxylic acids is 1. The normalized spacial score (nSPS) is 11.0. The van der Waals surface area contributed by atoms with Crippen LogP contribution in [0, 0.1) is 0 Å². The smallest absolute Gasteiger partial charge is 0.337 e. The van der Waals surface area contributed by atoms with E-state index in [1.54, 1.807) is 29.8 Å². The number of aromatic carboxylic acids is 1. The molecule has 4 nitrogen and oxygen atoms in total. The van der Waals surface area contributed by atoms with Crippen LogP contribution in [0.1, 0.15) is 15.2 Å². The fourth-order valence-electron chi connectivity index (χ4n) is 1.99. The summed E-state index contributed by atoms with van der Waals surface area (Å²) in [6.07, 6.45) is 1.69. The summed E-state index contributed by atoms with van der Waals surface area (Å²) in [6.45, 7) is 0.690. The van der Waals surface area contributed by atoms with Crippen LogP contribution in [0.15, 0.2) is 40.4 Å². The lowest BCUT2D eigenvalue weighted by Gasteiger charge is -2.02. The number of carboxylic acid groups (broad SMARTS) is 1.